The van der Waals surface area contributed by atoms with E-state index in [1.165, 1.54) is 0 Å². The Morgan fingerprint density at radius 3 is 2.58 bits per heavy atom. The number of fused-ring (bicyclic) bond motifs is 1. The number of anilines is 1. The van der Waals surface area contributed by atoms with Crippen molar-refractivity contribution in [3.63, 3.8) is 0 Å². The number of hydrogen-bond donors (Lipinski definition) is 1. The minimum atomic E-state index is -0.140. The number of benzene rings is 2. The normalized spacial score (nSPS) is 11.0. The zero-order chi connectivity index (χ0) is 18.8. The molecule has 1 N–H and O–H groups in total. The van der Waals surface area contributed by atoms with Crippen LogP contribution in [-0.2, 0) is 6.54 Å². The Labute approximate surface area is 158 Å². The summed E-state index contributed by atoms with van der Waals surface area (Å²) in [5.41, 5.74) is 4.30. The highest BCUT2D eigenvalue weighted by Gasteiger charge is 2.20. The number of aryl methyl sites for hydroxylation is 3. The van der Waals surface area contributed by atoms with Crippen LogP contribution in [0.25, 0.3) is 10.9 Å². The molecule has 0 aliphatic heterocycles. The van der Waals surface area contributed by atoms with E-state index in [2.05, 4.69) is 5.32 Å². The maximum absolute atomic E-state index is 13.0. The monoisotopic (exact) mass is 370 g/mol. The summed E-state index contributed by atoms with van der Waals surface area (Å²) < 4.78 is 7.64. The van der Waals surface area contributed by atoms with Crippen LogP contribution in [0.15, 0.2) is 36.4 Å². The van der Waals surface area contributed by atoms with Crippen molar-refractivity contribution in [3.8, 4) is 5.75 Å². The minimum absolute atomic E-state index is 0.140. The molecule has 3 rings (SSSR count). The average Bonchev–Trinajstić information content (AvgIpc) is 2.90. The summed E-state index contributed by atoms with van der Waals surface area (Å²) in [4.78, 5) is 13.0. The first-order chi connectivity index (χ1) is 12.5. The summed E-state index contributed by atoms with van der Waals surface area (Å²) in [7, 11) is 0. The topological polar surface area (TPSA) is 43.3 Å². The maximum atomic E-state index is 13.0. The molecule has 0 unspecified atom stereocenters. The van der Waals surface area contributed by atoms with Crippen molar-refractivity contribution >= 4 is 34.1 Å². The van der Waals surface area contributed by atoms with Gasteiger partial charge in [-0.2, -0.15) is 0 Å². The van der Waals surface area contributed by atoms with Crippen molar-refractivity contribution in [3.05, 3.63) is 58.2 Å². The van der Waals surface area contributed by atoms with Gasteiger partial charge in [0.25, 0.3) is 5.91 Å². The highest BCUT2D eigenvalue weighted by Crippen LogP contribution is 2.30. The van der Waals surface area contributed by atoms with Gasteiger partial charge in [-0.25, -0.2) is 0 Å². The fourth-order valence-electron chi connectivity index (χ4n) is 3.24. The van der Waals surface area contributed by atoms with Crippen LogP contribution in [-0.4, -0.2) is 17.1 Å². The summed E-state index contributed by atoms with van der Waals surface area (Å²) in [6.45, 7) is 9.22. The van der Waals surface area contributed by atoms with Crippen LogP contribution in [0.4, 0.5) is 5.69 Å². The molecule has 1 amide bonds. The Kier molecular flexibility index (Phi) is 5.23. The molecule has 0 radical (unpaired) electrons. The van der Waals surface area contributed by atoms with Gasteiger partial charge in [0.2, 0.25) is 0 Å². The van der Waals surface area contributed by atoms with Crippen molar-refractivity contribution in [1.82, 2.24) is 4.57 Å². The average molecular weight is 371 g/mol. The third-order valence-corrected chi connectivity index (χ3v) is 4.97. The van der Waals surface area contributed by atoms with Crippen molar-refractivity contribution < 1.29 is 9.53 Å². The lowest BCUT2D eigenvalue weighted by atomic mass is 10.1. The van der Waals surface area contributed by atoms with Crippen molar-refractivity contribution in [2.24, 2.45) is 0 Å². The van der Waals surface area contributed by atoms with Crippen LogP contribution in [0.2, 0.25) is 5.02 Å². The van der Waals surface area contributed by atoms with E-state index in [4.69, 9.17) is 16.3 Å². The number of rotatable bonds is 5. The number of carbonyl (C=O) groups excluding carboxylic acids is 1. The van der Waals surface area contributed by atoms with E-state index in [1.54, 1.807) is 6.07 Å². The standard InChI is InChI=1S/C21H23ClN2O2/c1-5-24-19-10-9-16(26-6-2)12-17(19)14(4)20(24)21(25)23-15-8-7-13(3)18(22)11-15/h7-12H,5-6H2,1-4H3,(H,23,25). The molecule has 1 heterocycles. The summed E-state index contributed by atoms with van der Waals surface area (Å²) in [6.07, 6.45) is 0. The van der Waals surface area contributed by atoms with E-state index in [9.17, 15) is 4.79 Å². The van der Waals surface area contributed by atoms with Gasteiger partial charge < -0.3 is 14.6 Å². The molecule has 2 aromatic carbocycles. The van der Waals surface area contributed by atoms with Crippen molar-refractivity contribution in [2.75, 3.05) is 11.9 Å². The minimum Gasteiger partial charge on any atom is -0.494 e. The molecule has 0 atom stereocenters. The molecule has 0 saturated heterocycles. The number of aromatic nitrogens is 1. The summed E-state index contributed by atoms with van der Waals surface area (Å²) >= 11 is 6.17. The van der Waals surface area contributed by atoms with Crippen molar-refractivity contribution in [1.29, 1.82) is 0 Å². The maximum Gasteiger partial charge on any atom is 0.272 e. The Balaban J connectivity index is 2.03. The van der Waals surface area contributed by atoms with E-state index >= 15 is 0 Å². The number of amides is 1. The largest absolute Gasteiger partial charge is 0.494 e. The van der Waals surface area contributed by atoms with Gasteiger partial charge in [0.15, 0.2) is 0 Å². The lowest BCUT2D eigenvalue weighted by Crippen LogP contribution is -2.17. The van der Waals surface area contributed by atoms with Crippen LogP contribution < -0.4 is 10.1 Å². The van der Waals surface area contributed by atoms with Gasteiger partial charge >= 0.3 is 0 Å². The zero-order valence-corrected chi connectivity index (χ0v) is 16.3. The second kappa shape index (κ2) is 7.42. The molecule has 0 bridgehead atoms. The van der Waals surface area contributed by atoms with E-state index in [1.807, 2.05) is 62.6 Å². The molecule has 5 heteroatoms. The molecule has 26 heavy (non-hydrogen) atoms. The third kappa shape index (κ3) is 3.29. The third-order valence-electron chi connectivity index (χ3n) is 4.56. The van der Waals surface area contributed by atoms with Crippen LogP contribution in [0.1, 0.15) is 35.5 Å². The van der Waals surface area contributed by atoms with E-state index in [-0.39, 0.29) is 5.91 Å². The molecule has 1 aromatic heterocycles. The molecular formula is C21H23ClN2O2. The van der Waals surface area contributed by atoms with Crippen LogP contribution in [0.5, 0.6) is 5.75 Å². The fraction of sp³-hybridized carbons (Fsp3) is 0.286. The number of hydrogen-bond acceptors (Lipinski definition) is 2. The lowest BCUT2D eigenvalue weighted by molar-refractivity contribution is 0.101. The molecule has 0 fully saturated rings. The van der Waals surface area contributed by atoms with Crippen LogP contribution in [0.3, 0.4) is 0 Å². The molecular weight excluding hydrogens is 348 g/mol. The highest BCUT2D eigenvalue weighted by atomic mass is 35.5. The van der Waals surface area contributed by atoms with Gasteiger partial charge in [-0.3, -0.25) is 4.79 Å². The zero-order valence-electron chi connectivity index (χ0n) is 15.5. The van der Waals surface area contributed by atoms with E-state index < -0.39 is 0 Å². The first-order valence-corrected chi connectivity index (χ1v) is 9.17. The SMILES string of the molecule is CCOc1ccc2c(c1)c(C)c(C(=O)Nc1ccc(C)c(Cl)c1)n2CC. The number of nitrogens with zero attached hydrogens (tertiary/aromatic N) is 1. The smallest absolute Gasteiger partial charge is 0.272 e. The number of nitrogens with one attached hydrogen (secondary N) is 1. The first-order valence-electron chi connectivity index (χ1n) is 8.79. The van der Waals surface area contributed by atoms with E-state index in [0.29, 0.717) is 29.6 Å². The number of halogens is 1. The first kappa shape index (κ1) is 18.3. The molecule has 4 nitrogen and oxygen atoms in total. The summed E-state index contributed by atoms with van der Waals surface area (Å²) in [5, 5.41) is 4.64. The number of carbonyl (C=O) groups is 1. The molecule has 0 spiro atoms. The summed E-state index contributed by atoms with van der Waals surface area (Å²) in [6, 6.07) is 11.5. The molecule has 0 saturated carbocycles. The molecule has 0 aliphatic rings. The highest BCUT2D eigenvalue weighted by molar-refractivity contribution is 6.31. The second-order valence-corrected chi connectivity index (χ2v) is 6.66. The molecule has 136 valence electrons. The van der Waals surface area contributed by atoms with Gasteiger partial charge in [0, 0.05) is 28.2 Å². The molecule has 0 aliphatic carbocycles. The van der Waals surface area contributed by atoms with Gasteiger partial charge in [-0.1, -0.05) is 17.7 Å². The lowest BCUT2D eigenvalue weighted by Gasteiger charge is -2.11. The quantitative estimate of drug-likeness (QED) is 0.636. The van der Waals surface area contributed by atoms with Crippen LogP contribution in [0, 0.1) is 13.8 Å². The Morgan fingerprint density at radius 1 is 1.15 bits per heavy atom. The Hall–Kier alpha value is -2.46. The second-order valence-electron chi connectivity index (χ2n) is 6.25. The predicted octanol–water partition coefficient (Wildman–Crippen LogP) is 5.58. The summed E-state index contributed by atoms with van der Waals surface area (Å²) in [5.74, 6) is 0.673. The van der Waals surface area contributed by atoms with Crippen LogP contribution >= 0.6 is 11.6 Å². The van der Waals surface area contributed by atoms with E-state index in [0.717, 1.165) is 27.8 Å². The Bertz CT molecular complexity index is 976. The van der Waals surface area contributed by atoms with Gasteiger partial charge in [0.1, 0.15) is 11.4 Å². The number of ether oxygens (including phenoxy) is 1. The van der Waals surface area contributed by atoms with Gasteiger partial charge in [-0.15, -0.1) is 0 Å². The molecule has 3 aromatic rings. The van der Waals surface area contributed by atoms with Gasteiger partial charge in [0.05, 0.1) is 6.61 Å². The van der Waals surface area contributed by atoms with Gasteiger partial charge in [-0.05, 0) is 69.2 Å². The predicted molar refractivity (Wildman–Crippen MR) is 108 cm³/mol. The Morgan fingerprint density at radius 2 is 1.92 bits per heavy atom. The van der Waals surface area contributed by atoms with Crippen molar-refractivity contribution in [2.45, 2.75) is 34.2 Å². The fourth-order valence-corrected chi connectivity index (χ4v) is 3.42.